The lowest BCUT2D eigenvalue weighted by molar-refractivity contribution is 0.0819. The number of hydrogen-bond donors (Lipinski definition) is 1. The molecule has 29 heavy (non-hydrogen) atoms. The first-order chi connectivity index (χ1) is 14.0. The summed E-state index contributed by atoms with van der Waals surface area (Å²) in [7, 11) is 3.30. The van der Waals surface area contributed by atoms with Crippen LogP contribution in [0.2, 0.25) is 0 Å². The van der Waals surface area contributed by atoms with Crippen LogP contribution in [0.4, 0.5) is 5.69 Å². The summed E-state index contributed by atoms with van der Waals surface area (Å²) in [6.07, 6.45) is 2.38. The number of rotatable bonds is 7. The number of carbonyl (C=O) groups is 1. The molecule has 7 nitrogen and oxygen atoms in total. The van der Waals surface area contributed by atoms with E-state index >= 15 is 0 Å². The number of nitrogens with zero attached hydrogens (tertiary/aromatic N) is 2. The summed E-state index contributed by atoms with van der Waals surface area (Å²) in [5.41, 5.74) is 2.39. The van der Waals surface area contributed by atoms with Crippen molar-refractivity contribution in [3.8, 4) is 5.75 Å². The van der Waals surface area contributed by atoms with E-state index in [1.54, 1.807) is 17.7 Å². The van der Waals surface area contributed by atoms with Crippen molar-refractivity contribution in [3.63, 3.8) is 0 Å². The molecule has 0 radical (unpaired) electrons. The Morgan fingerprint density at radius 1 is 1.14 bits per heavy atom. The number of anilines is 1. The second-order valence-corrected chi connectivity index (χ2v) is 7.25. The Labute approximate surface area is 171 Å². The number of pyridine rings is 1. The van der Waals surface area contributed by atoms with Gasteiger partial charge in [0.25, 0.3) is 11.5 Å². The number of amides is 1. The highest BCUT2D eigenvalue weighted by Gasteiger charge is 2.19. The van der Waals surface area contributed by atoms with Gasteiger partial charge in [0, 0.05) is 56.3 Å². The van der Waals surface area contributed by atoms with Crippen molar-refractivity contribution < 1.29 is 14.3 Å². The van der Waals surface area contributed by atoms with E-state index in [1.165, 1.54) is 13.2 Å². The molecule has 1 aliphatic rings. The Kier molecular flexibility index (Phi) is 6.93. The molecule has 3 rings (SSSR count). The molecule has 0 atom stereocenters. The molecule has 0 unspecified atom stereocenters. The molecule has 2 aromatic rings. The SMILES string of the molecule is COc1cc(C)n(CCNC(=O)c2ccc(N3CCC(OC)CC3)cc2)c(=O)c1. The largest absolute Gasteiger partial charge is 0.496 e. The zero-order valence-corrected chi connectivity index (χ0v) is 17.3. The van der Waals surface area contributed by atoms with Gasteiger partial charge in [-0.1, -0.05) is 0 Å². The van der Waals surface area contributed by atoms with Crippen molar-refractivity contribution in [3.05, 3.63) is 58.0 Å². The lowest BCUT2D eigenvalue weighted by Gasteiger charge is -2.33. The highest BCUT2D eigenvalue weighted by molar-refractivity contribution is 5.94. The number of hydrogen-bond acceptors (Lipinski definition) is 5. The van der Waals surface area contributed by atoms with Gasteiger partial charge >= 0.3 is 0 Å². The monoisotopic (exact) mass is 399 g/mol. The van der Waals surface area contributed by atoms with E-state index in [4.69, 9.17) is 9.47 Å². The first kappa shape index (κ1) is 20.9. The lowest BCUT2D eigenvalue weighted by atomic mass is 10.1. The third-order valence-electron chi connectivity index (χ3n) is 5.44. The highest BCUT2D eigenvalue weighted by Crippen LogP contribution is 2.21. The number of nitrogens with one attached hydrogen (secondary N) is 1. The van der Waals surface area contributed by atoms with E-state index in [2.05, 4.69) is 10.2 Å². The molecule has 1 fully saturated rings. The minimum absolute atomic E-state index is 0.141. The van der Waals surface area contributed by atoms with E-state index in [9.17, 15) is 9.59 Å². The van der Waals surface area contributed by atoms with Gasteiger partial charge in [0.05, 0.1) is 13.2 Å². The van der Waals surface area contributed by atoms with Crippen LogP contribution >= 0.6 is 0 Å². The van der Waals surface area contributed by atoms with Crippen LogP contribution < -0.4 is 20.5 Å². The van der Waals surface area contributed by atoms with Crippen LogP contribution in [-0.4, -0.2) is 50.4 Å². The second kappa shape index (κ2) is 9.60. The average Bonchev–Trinajstić information content (AvgIpc) is 2.75. The van der Waals surface area contributed by atoms with Crippen LogP contribution in [-0.2, 0) is 11.3 Å². The molecular weight excluding hydrogens is 370 g/mol. The summed E-state index contributed by atoms with van der Waals surface area (Å²) >= 11 is 0. The van der Waals surface area contributed by atoms with Gasteiger partial charge in [0.2, 0.25) is 0 Å². The van der Waals surface area contributed by atoms with Gasteiger partial charge in [-0.05, 0) is 50.1 Å². The van der Waals surface area contributed by atoms with Crippen LogP contribution in [0.1, 0.15) is 28.9 Å². The van der Waals surface area contributed by atoms with Crippen LogP contribution in [0.3, 0.4) is 0 Å². The number of methoxy groups -OCH3 is 2. The first-order valence-corrected chi connectivity index (χ1v) is 9.93. The third-order valence-corrected chi connectivity index (χ3v) is 5.44. The molecule has 0 spiro atoms. The molecule has 2 heterocycles. The number of aromatic nitrogens is 1. The van der Waals surface area contributed by atoms with Crippen molar-refractivity contribution >= 4 is 11.6 Å². The maximum Gasteiger partial charge on any atom is 0.254 e. The van der Waals surface area contributed by atoms with E-state index in [0.717, 1.165) is 37.3 Å². The lowest BCUT2D eigenvalue weighted by Crippen LogP contribution is -2.36. The second-order valence-electron chi connectivity index (χ2n) is 7.25. The predicted octanol–water partition coefficient (Wildman–Crippen LogP) is 2.21. The Morgan fingerprint density at radius 2 is 1.83 bits per heavy atom. The summed E-state index contributed by atoms with van der Waals surface area (Å²) in [5, 5.41) is 2.88. The molecule has 1 aliphatic heterocycles. The molecule has 156 valence electrons. The summed E-state index contributed by atoms with van der Waals surface area (Å²) in [5.74, 6) is 0.396. The zero-order valence-electron chi connectivity index (χ0n) is 17.3. The van der Waals surface area contributed by atoms with Crippen molar-refractivity contribution in [1.82, 2.24) is 9.88 Å². The number of carbonyl (C=O) groups excluding carboxylic acids is 1. The fraction of sp³-hybridized carbons (Fsp3) is 0.455. The summed E-state index contributed by atoms with van der Waals surface area (Å²) in [6.45, 7) is 4.55. The molecule has 1 N–H and O–H groups in total. The van der Waals surface area contributed by atoms with Crippen molar-refractivity contribution in [2.24, 2.45) is 0 Å². The van der Waals surface area contributed by atoms with Crippen LogP contribution in [0.15, 0.2) is 41.2 Å². The van der Waals surface area contributed by atoms with Crippen LogP contribution in [0.25, 0.3) is 0 Å². The van der Waals surface area contributed by atoms with Crippen molar-refractivity contribution in [1.29, 1.82) is 0 Å². The van der Waals surface area contributed by atoms with E-state index in [1.807, 2.05) is 31.2 Å². The molecule has 1 aromatic heterocycles. The zero-order chi connectivity index (χ0) is 20.8. The smallest absolute Gasteiger partial charge is 0.254 e. The number of aryl methyl sites for hydroxylation is 1. The molecular formula is C22H29N3O4. The number of ether oxygens (including phenoxy) is 2. The molecule has 1 saturated heterocycles. The van der Waals surface area contributed by atoms with E-state index in [-0.39, 0.29) is 11.5 Å². The maximum atomic E-state index is 12.4. The van der Waals surface area contributed by atoms with Crippen molar-refractivity contribution in [2.45, 2.75) is 32.4 Å². The molecule has 0 aliphatic carbocycles. The minimum Gasteiger partial charge on any atom is -0.496 e. The van der Waals surface area contributed by atoms with Gasteiger partial charge < -0.3 is 24.3 Å². The average molecular weight is 399 g/mol. The van der Waals surface area contributed by atoms with E-state index < -0.39 is 0 Å². The first-order valence-electron chi connectivity index (χ1n) is 9.93. The Balaban J connectivity index is 1.53. The van der Waals surface area contributed by atoms with Crippen molar-refractivity contribution in [2.75, 3.05) is 38.8 Å². The standard InChI is InChI=1S/C22H29N3O4/c1-16-14-20(29-3)15-21(26)25(16)13-10-23-22(27)17-4-6-18(7-5-17)24-11-8-19(28-2)9-12-24/h4-7,14-15,19H,8-13H2,1-3H3,(H,23,27). The molecule has 1 amide bonds. The molecule has 0 bridgehead atoms. The summed E-state index contributed by atoms with van der Waals surface area (Å²) in [4.78, 5) is 26.9. The van der Waals surface area contributed by atoms with Gasteiger partial charge in [-0.15, -0.1) is 0 Å². The Bertz CT molecular complexity index is 884. The highest BCUT2D eigenvalue weighted by atomic mass is 16.5. The van der Waals surface area contributed by atoms with Gasteiger partial charge in [0.15, 0.2) is 0 Å². The molecule has 1 aromatic carbocycles. The van der Waals surface area contributed by atoms with Gasteiger partial charge in [-0.25, -0.2) is 0 Å². The Morgan fingerprint density at radius 3 is 2.41 bits per heavy atom. The van der Waals surface area contributed by atoms with Crippen LogP contribution in [0, 0.1) is 6.92 Å². The minimum atomic E-state index is -0.145. The van der Waals surface area contributed by atoms with Gasteiger partial charge in [-0.2, -0.15) is 0 Å². The topological polar surface area (TPSA) is 72.8 Å². The van der Waals surface area contributed by atoms with Gasteiger partial charge in [0.1, 0.15) is 5.75 Å². The van der Waals surface area contributed by atoms with Gasteiger partial charge in [-0.3, -0.25) is 9.59 Å². The maximum absolute atomic E-state index is 12.4. The Hall–Kier alpha value is -2.80. The number of piperidine rings is 1. The van der Waals surface area contributed by atoms with Crippen LogP contribution in [0.5, 0.6) is 5.75 Å². The fourth-order valence-electron chi connectivity index (χ4n) is 3.66. The number of benzene rings is 1. The normalized spacial score (nSPS) is 14.7. The predicted molar refractivity (Wildman–Crippen MR) is 113 cm³/mol. The fourth-order valence-corrected chi connectivity index (χ4v) is 3.66. The molecule has 7 heteroatoms. The van der Waals surface area contributed by atoms with E-state index in [0.29, 0.717) is 30.5 Å². The molecule has 0 saturated carbocycles. The summed E-state index contributed by atoms with van der Waals surface area (Å²) < 4.78 is 12.1. The quantitative estimate of drug-likeness (QED) is 0.773. The third kappa shape index (κ3) is 5.17. The summed E-state index contributed by atoms with van der Waals surface area (Å²) in [6, 6.07) is 10.9.